The van der Waals surface area contributed by atoms with Crippen molar-refractivity contribution in [2.24, 2.45) is 0 Å². The first kappa shape index (κ1) is 45.6. The summed E-state index contributed by atoms with van der Waals surface area (Å²) in [7, 11) is -3.17. The zero-order valence-electron chi connectivity index (χ0n) is 36.4. The first-order valence-corrected chi connectivity index (χ1v) is 24.1. The van der Waals surface area contributed by atoms with Gasteiger partial charge in [0.2, 0.25) is 33.7 Å². The molecule has 8 heterocycles. The lowest BCUT2D eigenvalue weighted by Crippen LogP contribution is -2.42. The minimum atomic E-state index is -3.17. The molecule has 66 heavy (non-hydrogen) atoms. The Hall–Kier alpha value is -5.55. The van der Waals surface area contributed by atoms with Gasteiger partial charge in [-0.2, -0.15) is 9.97 Å². The molecule has 2 aromatic heterocycles. The van der Waals surface area contributed by atoms with Crippen LogP contribution in [0.1, 0.15) is 46.4 Å². The Bertz CT molecular complexity index is 2360. The van der Waals surface area contributed by atoms with Crippen molar-refractivity contribution >= 4 is 33.9 Å². The van der Waals surface area contributed by atoms with Gasteiger partial charge in [0, 0.05) is 49.7 Å². The maximum Gasteiger partial charge on any atom is 0.338 e. The monoisotopic (exact) mass is 930 g/mol. The highest BCUT2D eigenvalue weighted by Gasteiger charge is 2.52. The molecular weight excluding hydrogens is 877 g/mol. The van der Waals surface area contributed by atoms with Crippen molar-refractivity contribution in [1.29, 1.82) is 0 Å². The highest BCUT2D eigenvalue weighted by Crippen LogP contribution is 2.33. The Kier molecular flexibility index (Phi) is 14.5. The van der Waals surface area contributed by atoms with Gasteiger partial charge in [0.25, 0.3) is 0 Å². The average Bonchev–Trinajstić information content (AvgIpc) is 4.13. The largest absolute Gasteiger partial charge is 0.469 e. The average molecular weight is 931 g/mol. The molecule has 0 aliphatic carbocycles. The fourth-order valence-corrected chi connectivity index (χ4v) is 9.62. The number of sulfonamides is 1. The van der Waals surface area contributed by atoms with Crippen LogP contribution >= 0.6 is 0 Å². The predicted molar refractivity (Wildman–Crippen MR) is 236 cm³/mol. The van der Waals surface area contributed by atoms with Gasteiger partial charge in [-0.25, -0.2) is 32.3 Å². The van der Waals surface area contributed by atoms with Gasteiger partial charge < -0.3 is 53.8 Å². The predicted octanol–water partition coefficient (Wildman–Crippen LogP) is 2.49. The molecule has 4 aromatic rings. The van der Waals surface area contributed by atoms with Gasteiger partial charge in [0.1, 0.15) is 24.4 Å². The first-order chi connectivity index (χ1) is 32.1. The fourth-order valence-electron chi connectivity index (χ4n) is 8.75. The van der Waals surface area contributed by atoms with E-state index in [0.29, 0.717) is 73.4 Å². The number of nitrogens with one attached hydrogen (secondary N) is 3. The van der Waals surface area contributed by atoms with E-state index < -0.39 is 40.4 Å². The van der Waals surface area contributed by atoms with Crippen LogP contribution in [0.5, 0.6) is 11.8 Å². The number of ether oxygens (including phenoxy) is 8. The van der Waals surface area contributed by atoms with Crippen LogP contribution in [0.3, 0.4) is 0 Å². The highest BCUT2D eigenvalue weighted by molar-refractivity contribution is 7.88. The summed E-state index contributed by atoms with van der Waals surface area (Å²) in [5.41, 5.74) is 0.983. The SMILES string of the molecule is CS(=O)(=O)N1CCC(Nc2nccc(OC3CO[C@@H]4[C@@H](OC(=O)c5ccccc5)CO[C@H]34)n2)CC1.O=C(O[C@H]1CO[C@@H]2C(Oc3ccnc(NC4CCNCC4)n3)CO[C@H]12)c1ccccc1. The summed E-state index contributed by atoms with van der Waals surface area (Å²) in [6, 6.07) is 21.5. The normalized spacial score (nSPS) is 27.7. The second kappa shape index (κ2) is 21.0. The number of hydrogen-bond acceptors (Lipinski definition) is 19. The Balaban J connectivity index is 0.000000167. The lowest BCUT2D eigenvalue weighted by atomic mass is 10.1. The van der Waals surface area contributed by atoms with E-state index in [0.717, 1.165) is 25.9 Å². The van der Waals surface area contributed by atoms with E-state index in [9.17, 15) is 18.0 Å². The van der Waals surface area contributed by atoms with Gasteiger partial charge in [-0.3, -0.25) is 0 Å². The minimum absolute atomic E-state index is 0.0701. The number of aromatic nitrogens is 4. The fraction of sp³-hybridized carbons (Fsp3) is 0.511. The quantitative estimate of drug-likeness (QED) is 0.164. The van der Waals surface area contributed by atoms with Crippen molar-refractivity contribution in [3.8, 4) is 11.8 Å². The van der Waals surface area contributed by atoms with Gasteiger partial charge in [-0.1, -0.05) is 36.4 Å². The molecule has 0 bridgehead atoms. The van der Waals surface area contributed by atoms with Crippen LogP contribution in [-0.4, -0.2) is 164 Å². The zero-order chi connectivity index (χ0) is 45.5. The molecule has 0 amide bonds. The summed E-state index contributed by atoms with van der Waals surface area (Å²) in [6.07, 6.45) is 4.74. The zero-order valence-corrected chi connectivity index (χ0v) is 37.2. The Morgan fingerprint density at radius 2 is 1.02 bits per heavy atom. The molecule has 6 fully saturated rings. The van der Waals surface area contributed by atoms with E-state index >= 15 is 0 Å². The Morgan fingerprint density at radius 1 is 0.606 bits per heavy atom. The van der Waals surface area contributed by atoms with Crippen molar-refractivity contribution in [1.82, 2.24) is 29.6 Å². The molecule has 0 saturated carbocycles. The number of carbonyl (C=O) groups excluding carboxylic acids is 2. The van der Waals surface area contributed by atoms with E-state index in [-0.39, 0.29) is 56.2 Å². The molecule has 6 aliphatic heterocycles. The maximum atomic E-state index is 12.4. The van der Waals surface area contributed by atoms with Crippen molar-refractivity contribution in [2.45, 2.75) is 86.6 Å². The molecule has 10 rings (SSSR count). The third kappa shape index (κ3) is 11.3. The number of fused-ring (bicyclic) bond motifs is 2. The molecule has 6 saturated heterocycles. The second-order valence-corrected chi connectivity index (χ2v) is 18.8. The number of anilines is 2. The lowest BCUT2D eigenvalue weighted by Gasteiger charge is -2.30. The van der Waals surface area contributed by atoms with Crippen LogP contribution in [0.25, 0.3) is 0 Å². The summed E-state index contributed by atoms with van der Waals surface area (Å²) in [6.45, 7) is 4.04. The van der Waals surface area contributed by atoms with Crippen LogP contribution < -0.4 is 25.4 Å². The number of carbonyl (C=O) groups is 2. The van der Waals surface area contributed by atoms with Crippen molar-refractivity contribution < 1.29 is 55.9 Å². The topological polar surface area (TPSA) is 233 Å². The summed E-state index contributed by atoms with van der Waals surface area (Å²) in [5.74, 6) is 1.02. The molecule has 0 spiro atoms. The molecular formula is C45H54N8O12S. The first-order valence-electron chi connectivity index (χ1n) is 22.3. The van der Waals surface area contributed by atoms with Crippen LogP contribution in [0.15, 0.2) is 85.2 Å². The van der Waals surface area contributed by atoms with Crippen LogP contribution in [-0.2, 0) is 38.4 Å². The standard InChI is InChI=1S/C23H28N4O7S.C22H26N4O5/c1-35(29,30)27-11-8-16(9-12-27)25-23-24-10-7-19(26-23)33-17-13-31-21-18(14-32-20(17)21)34-22(28)15-5-3-2-4-6-15;27-21(14-4-2-1-3-5-14)31-17-13-29-19-16(12-28-20(17)19)30-18-8-11-24-22(26-18)25-15-6-9-23-10-7-15/h2-7,10,16-18,20-21H,8-9,11-14H2,1H3,(H,24,25,26);1-5,8,11,15-17,19-20,23H,6-7,9-10,12-13H2,(H,24,25,26)/t17?,18-,20+,21+;16?,17-,19+,20+/m00/s1. The lowest BCUT2D eigenvalue weighted by molar-refractivity contribution is -0.0195. The molecule has 3 N–H and O–H groups in total. The summed E-state index contributed by atoms with van der Waals surface area (Å²) >= 11 is 0. The van der Waals surface area contributed by atoms with Gasteiger partial charge in [-0.15, -0.1) is 0 Å². The van der Waals surface area contributed by atoms with E-state index in [1.165, 1.54) is 10.6 Å². The number of esters is 2. The number of nitrogens with zero attached hydrogens (tertiary/aromatic N) is 5. The molecule has 20 nitrogen and oxygen atoms in total. The highest BCUT2D eigenvalue weighted by atomic mass is 32.2. The number of rotatable bonds is 13. The molecule has 352 valence electrons. The number of benzene rings is 2. The van der Waals surface area contributed by atoms with Crippen molar-refractivity contribution in [3.05, 3.63) is 96.3 Å². The summed E-state index contributed by atoms with van der Waals surface area (Å²) in [5, 5.41) is 9.98. The third-order valence-electron chi connectivity index (χ3n) is 12.2. The Morgan fingerprint density at radius 3 is 1.45 bits per heavy atom. The van der Waals surface area contributed by atoms with Gasteiger partial charge in [0.15, 0.2) is 24.4 Å². The second-order valence-electron chi connectivity index (χ2n) is 16.8. The summed E-state index contributed by atoms with van der Waals surface area (Å²) in [4.78, 5) is 42.3. The molecule has 2 aromatic carbocycles. The van der Waals surface area contributed by atoms with Gasteiger partial charge >= 0.3 is 11.9 Å². The molecule has 6 aliphatic rings. The van der Waals surface area contributed by atoms with E-state index in [1.807, 2.05) is 12.1 Å². The van der Waals surface area contributed by atoms with Crippen LogP contribution in [0, 0.1) is 0 Å². The van der Waals surface area contributed by atoms with Crippen molar-refractivity contribution in [2.75, 3.05) is 69.5 Å². The summed E-state index contributed by atoms with van der Waals surface area (Å²) < 4.78 is 71.7. The van der Waals surface area contributed by atoms with Crippen molar-refractivity contribution in [3.63, 3.8) is 0 Å². The molecule has 8 atom stereocenters. The molecule has 0 radical (unpaired) electrons. The molecule has 21 heteroatoms. The van der Waals surface area contributed by atoms with E-state index in [4.69, 9.17) is 37.9 Å². The minimum Gasteiger partial charge on any atom is -0.469 e. The smallest absolute Gasteiger partial charge is 0.338 e. The van der Waals surface area contributed by atoms with Crippen LogP contribution in [0.4, 0.5) is 11.9 Å². The maximum absolute atomic E-state index is 12.4. The van der Waals surface area contributed by atoms with E-state index in [2.05, 4.69) is 35.9 Å². The molecule has 2 unspecified atom stereocenters. The van der Waals surface area contributed by atoms with Gasteiger partial charge in [-0.05, 0) is 63.0 Å². The van der Waals surface area contributed by atoms with Crippen LogP contribution in [0.2, 0.25) is 0 Å². The third-order valence-corrected chi connectivity index (χ3v) is 13.5. The van der Waals surface area contributed by atoms with E-state index in [1.54, 1.807) is 73.1 Å². The Labute approximate surface area is 382 Å². The number of piperidine rings is 2. The number of hydrogen-bond donors (Lipinski definition) is 3. The van der Waals surface area contributed by atoms with Gasteiger partial charge in [0.05, 0.1) is 43.8 Å².